The summed E-state index contributed by atoms with van der Waals surface area (Å²) in [6, 6.07) is 0. The molecule has 7 heteroatoms. The highest BCUT2D eigenvalue weighted by atomic mass is 19.3. The van der Waals surface area contributed by atoms with Crippen LogP contribution in [-0.2, 0) is 0 Å². The van der Waals surface area contributed by atoms with Crippen LogP contribution in [0.5, 0.6) is 0 Å². The fraction of sp³-hybridized carbons (Fsp3) is 1.00. The van der Waals surface area contributed by atoms with Crippen LogP contribution in [0.25, 0.3) is 0 Å². The van der Waals surface area contributed by atoms with Gasteiger partial charge in [0.15, 0.2) is 5.79 Å². The maximum Gasteiger partial charge on any atom is 0.258 e. The lowest BCUT2D eigenvalue weighted by Crippen LogP contribution is -2.71. The molecule has 0 aromatic carbocycles. The molecule has 5 nitrogen and oxygen atoms in total. The van der Waals surface area contributed by atoms with Crippen LogP contribution in [-0.4, -0.2) is 55.0 Å². The van der Waals surface area contributed by atoms with Gasteiger partial charge < -0.3 is 20.4 Å². The molecule has 1 aliphatic heterocycles. The van der Waals surface area contributed by atoms with Gasteiger partial charge >= 0.3 is 0 Å². The van der Waals surface area contributed by atoms with Crippen molar-refractivity contribution in [3.8, 4) is 0 Å². The first-order valence-corrected chi connectivity index (χ1v) is 7.88. The van der Waals surface area contributed by atoms with Crippen molar-refractivity contribution in [3.05, 3.63) is 0 Å². The molecule has 3 aliphatic rings. The third-order valence-electron chi connectivity index (χ3n) is 6.45. The van der Waals surface area contributed by atoms with Crippen LogP contribution in [0.15, 0.2) is 0 Å². The van der Waals surface area contributed by atoms with Crippen molar-refractivity contribution in [1.82, 2.24) is 4.90 Å². The second-order valence-corrected chi connectivity index (χ2v) is 7.84. The zero-order valence-corrected chi connectivity index (χ0v) is 13.2. The van der Waals surface area contributed by atoms with Crippen molar-refractivity contribution in [2.24, 2.45) is 17.3 Å². The Kier molecular flexibility index (Phi) is 3.14. The third-order valence-corrected chi connectivity index (χ3v) is 6.45. The van der Waals surface area contributed by atoms with E-state index in [4.69, 9.17) is 0 Å². The molecule has 2 aliphatic carbocycles. The first-order chi connectivity index (χ1) is 9.83. The first-order valence-electron chi connectivity index (χ1n) is 7.88. The number of rotatable bonds is 4. The van der Waals surface area contributed by atoms with Gasteiger partial charge in [0, 0.05) is 18.9 Å². The zero-order valence-electron chi connectivity index (χ0n) is 13.2. The van der Waals surface area contributed by atoms with E-state index < -0.39 is 46.8 Å². The minimum atomic E-state index is -3.12. The molecule has 1 spiro atoms. The topological polar surface area (TPSA) is 84.2 Å². The smallest absolute Gasteiger partial charge is 0.258 e. The molecule has 2 atom stereocenters. The predicted octanol–water partition coefficient (Wildman–Crippen LogP) is 0.862. The third kappa shape index (κ3) is 1.80. The molecule has 0 aromatic rings. The van der Waals surface area contributed by atoms with E-state index in [0.717, 1.165) is 17.7 Å². The number of halogens is 2. The van der Waals surface area contributed by atoms with E-state index in [9.17, 15) is 29.2 Å². The number of likely N-dealkylation sites (tertiary alicyclic amines) is 1. The molecule has 3 rings (SSSR count). The summed E-state index contributed by atoms with van der Waals surface area (Å²) in [6.45, 7) is 4.97. The molecule has 1 heterocycles. The van der Waals surface area contributed by atoms with Gasteiger partial charge in [-0.25, -0.2) is 13.7 Å². The molecule has 0 aromatic heterocycles. The Hall–Kier alpha value is -0.340. The lowest BCUT2D eigenvalue weighted by atomic mass is 9.72. The monoisotopic (exact) mass is 321 g/mol. The molecule has 22 heavy (non-hydrogen) atoms. The Morgan fingerprint density at radius 2 is 1.59 bits per heavy atom. The summed E-state index contributed by atoms with van der Waals surface area (Å²) in [7, 11) is 0. The standard InChI is InChI=1S/C15H25F2NO4/c1-9(2)14(19,20)11(3)12(4-5-12)6-7-18(11)15(21,22)10-8-13(10,16)17/h9-10,19-22H,4-8H2,1-3H3. The van der Waals surface area contributed by atoms with Crippen LogP contribution < -0.4 is 0 Å². The molecule has 3 fully saturated rings. The van der Waals surface area contributed by atoms with Crippen LogP contribution in [0, 0.1) is 17.3 Å². The average molecular weight is 321 g/mol. The molecular formula is C15H25F2NO4. The van der Waals surface area contributed by atoms with E-state index >= 15 is 0 Å². The first kappa shape index (κ1) is 16.5. The van der Waals surface area contributed by atoms with E-state index in [-0.39, 0.29) is 6.54 Å². The summed E-state index contributed by atoms with van der Waals surface area (Å²) >= 11 is 0. The second kappa shape index (κ2) is 4.19. The highest BCUT2D eigenvalue weighted by Gasteiger charge is 2.78. The highest BCUT2D eigenvalue weighted by Crippen LogP contribution is 2.69. The summed E-state index contributed by atoms with van der Waals surface area (Å²) in [5.41, 5.74) is -1.84. The van der Waals surface area contributed by atoms with Crippen LogP contribution >= 0.6 is 0 Å². The lowest BCUT2D eigenvalue weighted by Gasteiger charge is -2.53. The van der Waals surface area contributed by atoms with E-state index in [1.54, 1.807) is 20.8 Å². The van der Waals surface area contributed by atoms with Gasteiger partial charge in [-0.2, -0.15) is 0 Å². The minimum Gasteiger partial charge on any atom is -0.364 e. The van der Waals surface area contributed by atoms with Crippen LogP contribution in [0.2, 0.25) is 0 Å². The molecule has 0 bridgehead atoms. The van der Waals surface area contributed by atoms with E-state index in [1.165, 1.54) is 0 Å². The number of hydrogen-bond acceptors (Lipinski definition) is 5. The predicted molar refractivity (Wildman–Crippen MR) is 73.6 cm³/mol. The lowest BCUT2D eigenvalue weighted by molar-refractivity contribution is -0.361. The summed E-state index contributed by atoms with van der Waals surface area (Å²) in [5, 5.41) is 42.2. The van der Waals surface area contributed by atoms with Gasteiger partial charge in [0.05, 0.1) is 11.5 Å². The summed E-state index contributed by atoms with van der Waals surface area (Å²) in [4.78, 5) is 1.11. The van der Waals surface area contributed by atoms with Gasteiger partial charge in [0.2, 0.25) is 5.91 Å². The SMILES string of the molecule is CC(C)C(O)(O)C1(C)N(C(O)(O)C2CC2(F)F)CCC12CC2. The molecule has 0 radical (unpaired) electrons. The maximum absolute atomic E-state index is 13.4. The Morgan fingerprint density at radius 3 is 1.95 bits per heavy atom. The largest absolute Gasteiger partial charge is 0.364 e. The summed E-state index contributed by atoms with van der Waals surface area (Å²) in [5.74, 6) is -10.2. The van der Waals surface area contributed by atoms with Gasteiger partial charge in [-0.15, -0.1) is 0 Å². The maximum atomic E-state index is 13.4. The van der Waals surface area contributed by atoms with Crippen molar-refractivity contribution in [2.75, 3.05) is 6.54 Å². The molecule has 1 saturated heterocycles. The number of aliphatic hydroxyl groups is 4. The van der Waals surface area contributed by atoms with Crippen LogP contribution in [0.1, 0.15) is 46.5 Å². The van der Waals surface area contributed by atoms with E-state index in [2.05, 4.69) is 0 Å². The second-order valence-electron chi connectivity index (χ2n) is 7.84. The van der Waals surface area contributed by atoms with Crippen LogP contribution in [0.4, 0.5) is 8.78 Å². The molecular weight excluding hydrogens is 296 g/mol. The molecule has 4 N–H and O–H groups in total. The highest BCUT2D eigenvalue weighted by molar-refractivity contribution is 5.23. The average Bonchev–Trinajstić information content (AvgIpc) is 3.23. The molecule has 2 saturated carbocycles. The Morgan fingerprint density at radius 1 is 1.09 bits per heavy atom. The van der Waals surface area contributed by atoms with Gasteiger partial charge in [0.25, 0.3) is 5.92 Å². The van der Waals surface area contributed by atoms with Crippen molar-refractivity contribution < 1.29 is 29.2 Å². The van der Waals surface area contributed by atoms with Gasteiger partial charge in [-0.3, -0.25) is 0 Å². The number of alkyl halides is 2. The number of nitrogens with zero attached hydrogens (tertiary/aromatic N) is 1. The quantitative estimate of drug-likeness (QED) is 0.577. The van der Waals surface area contributed by atoms with Crippen molar-refractivity contribution in [3.63, 3.8) is 0 Å². The van der Waals surface area contributed by atoms with Crippen molar-refractivity contribution >= 4 is 0 Å². The summed E-state index contributed by atoms with van der Waals surface area (Å²) in [6.07, 6.45) is 1.41. The summed E-state index contributed by atoms with van der Waals surface area (Å²) < 4.78 is 26.8. The van der Waals surface area contributed by atoms with Gasteiger partial charge in [0.1, 0.15) is 0 Å². The fourth-order valence-electron chi connectivity index (χ4n) is 4.43. The normalized spacial score (nSPS) is 37.1. The Bertz CT molecular complexity index is 490. The van der Waals surface area contributed by atoms with Gasteiger partial charge in [-0.1, -0.05) is 13.8 Å². The molecule has 0 amide bonds. The zero-order chi connectivity index (χ0) is 16.8. The van der Waals surface area contributed by atoms with Gasteiger partial charge in [-0.05, 0) is 31.6 Å². The minimum absolute atomic E-state index is 0.158. The van der Waals surface area contributed by atoms with Crippen LogP contribution in [0.3, 0.4) is 0 Å². The number of hydrogen-bond donors (Lipinski definition) is 4. The van der Waals surface area contributed by atoms with Crippen molar-refractivity contribution in [1.29, 1.82) is 0 Å². The van der Waals surface area contributed by atoms with Crippen molar-refractivity contribution in [2.45, 2.75) is 69.6 Å². The molecule has 128 valence electrons. The van der Waals surface area contributed by atoms with E-state index in [0.29, 0.717) is 6.42 Å². The van der Waals surface area contributed by atoms with E-state index in [1.807, 2.05) is 0 Å². The Labute approximate surface area is 128 Å². The fourth-order valence-corrected chi connectivity index (χ4v) is 4.43. The molecule has 2 unspecified atom stereocenters. The Balaban J connectivity index is 2.01.